The number of aryl methyl sites for hydroxylation is 1. The van der Waals surface area contributed by atoms with E-state index in [1.807, 2.05) is 11.8 Å². The highest BCUT2D eigenvalue weighted by molar-refractivity contribution is 7.89. The van der Waals surface area contributed by atoms with Crippen LogP contribution in [0.5, 0.6) is 0 Å². The zero-order valence-electron chi connectivity index (χ0n) is 9.45. The summed E-state index contributed by atoms with van der Waals surface area (Å²) in [5.41, 5.74) is 0.906. The van der Waals surface area contributed by atoms with Crippen LogP contribution >= 0.6 is 0 Å². The summed E-state index contributed by atoms with van der Waals surface area (Å²) in [6, 6.07) is 6.05. The first-order valence-electron chi connectivity index (χ1n) is 5.05. The molecule has 2 amide bonds. The molecule has 0 saturated carbocycles. The van der Waals surface area contributed by atoms with Crippen molar-refractivity contribution in [2.75, 3.05) is 0 Å². The summed E-state index contributed by atoms with van der Waals surface area (Å²) in [4.78, 5) is 24.4. The quantitative estimate of drug-likeness (QED) is 0.787. The molecular weight excluding hydrogens is 256 g/mol. The van der Waals surface area contributed by atoms with Crippen molar-refractivity contribution in [3.63, 3.8) is 0 Å². The van der Waals surface area contributed by atoms with Crippen LogP contribution in [0.3, 0.4) is 0 Å². The van der Waals surface area contributed by atoms with E-state index in [0.717, 1.165) is 17.7 Å². The van der Waals surface area contributed by atoms with Gasteiger partial charge in [0.15, 0.2) is 0 Å². The predicted octanol–water partition coefficient (Wildman–Crippen LogP) is 0.113. The molecule has 0 atom stereocenters. The Morgan fingerprint density at radius 2 is 1.50 bits per heavy atom. The molecule has 94 valence electrons. The second kappa shape index (κ2) is 4.35. The molecule has 7 heteroatoms. The van der Waals surface area contributed by atoms with Crippen molar-refractivity contribution in [2.24, 2.45) is 0 Å². The van der Waals surface area contributed by atoms with Gasteiger partial charge in [0.2, 0.25) is 0 Å². The number of hydrogen-bond acceptors (Lipinski definition) is 4. The Bertz CT molecular complexity index is 614. The Hall–Kier alpha value is -1.99. The van der Waals surface area contributed by atoms with Gasteiger partial charge in [0.1, 0.15) is 0 Å². The summed E-state index contributed by atoms with van der Waals surface area (Å²) in [7, 11) is -3.93. The fraction of sp³-hybridized carbons (Fsp3) is 0.0909. The van der Waals surface area contributed by atoms with E-state index in [1.54, 1.807) is 12.1 Å². The van der Waals surface area contributed by atoms with Gasteiger partial charge >= 0.3 is 0 Å². The number of benzene rings is 1. The van der Waals surface area contributed by atoms with E-state index in [9.17, 15) is 18.0 Å². The number of rotatable bonds is 3. The van der Waals surface area contributed by atoms with E-state index in [-0.39, 0.29) is 4.90 Å². The van der Waals surface area contributed by atoms with Gasteiger partial charge in [-0.25, -0.2) is 8.42 Å². The lowest BCUT2D eigenvalue weighted by Gasteiger charge is -2.15. The molecule has 1 aromatic rings. The average molecular weight is 266 g/mol. The summed E-state index contributed by atoms with van der Waals surface area (Å²) in [6.07, 6.45) is 2.00. The molecule has 0 bridgehead atoms. The van der Waals surface area contributed by atoms with Gasteiger partial charge in [-0.3, -0.25) is 9.59 Å². The summed E-state index contributed by atoms with van der Waals surface area (Å²) in [5, 5.41) is 0.454. The molecule has 1 aliphatic rings. The molecule has 0 aromatic heterocycles. The summed E-state index contributed by atoms with van der Waals surface area (Å²) in [5.74, 6) is -1.42. The molecule has 6 nitrogen and oxygen atoms in total. The van der Waals surface area contributed by atoms with Crippen molar-refractivity contribution in [1.29, 1.82) is 0 Å². The number of carbonyl (C=O) groups is 2. The molecule has 1 N–H and O–H groups in total. The van der Waals surface area contributed by atoms with E-state index in [0.29, 0.717) is 5.01 Å². The van der Waals surface area contributed by atoms with Crippen molar-refractivity contribution in [3.8, 4) is 0 Å². The van der Waals surface area contributed by atoms with Gasteiger partial charge in [0, 0.05) is 12.2 Å². The predicted molar refractivity (Wildman–Crippen MR) is 62.5 cm³/mol. The molecule has 2 rings (SSSR count). The van der Waals surface area contributed by atoms with Crippen LogP contribution in [0.25, 0.3) is 0 Å². The van der Waals surface area contributed by atoms with Gasteiger partial charge in [0.25, 0.3) is 21.8 Å². The summed E-state index contributed by atoms with van der Waals surface area (Å²) >= 11 is 0. The molecule has 0 unspecified atom stereocenters. The highest BCUT2D eigenvalue weighted by Crippen LogP contribution is 2.11. The number of imide groups is 1. The van der Waals surface area contributed by atoms with Crippen LogP contribution < -0.4 is 4.83 Å². The standard InChI is InChI=1S/C11H10N2O4S/c1-8-2-4-9(5-3-8)18(16,17)12-13-10(14)6-7-11(13)15/h2-7,12H,1H3. The average Bonchev–Trinajstić information content (AvgIpc) is 2.61. The third kappa shape index (κ3) is 2.31. The van der Waals surface area contributed by atoms with Gasteiger partial charge in [-0.2, -0.15) is 5.01 Å². The van der Waals surface area contributed by atoms with Gasteiger partial charge in [0.05, 0.1) is 4.90 Å². The number of hydrogen-bond donors (Lipinski definition) is 1. The lowest BCUT2D eigenvalue weighted by Crippen LogP contribution is -2.45. The maximum absolute atomic E-state index is 11.9. The zero-order chi connectivity index (χ0) is 13.3. The van der Waals surface area contributed by atoms with Crippen molar-refractivity contribution in [2.45, 2.75) is 11.8 Å². The second-order valence-electron chi connectivity index (χ2n) is 3.75. The molecule has 18 heavy (non-hydrogen) atoms. The molecule has 0 saturated heterocycles. The van der Waals surface area contributed by atoms with E-state index >= 15 is 0 Å². The van der Waals surface area contributed by atoms with Crippen LogP contribution in [0.15, 0.2) is 41.3 Å². The van der Waals surface area contributed by atoms with Crippen molar-refractivity contribution in [3.05, 3.63) is 42.0 Å². The Morgan fingerprint density at radius 3 is 2.00 bits per heavy atom. The monoisotopic (exact) mass is 266 g/mol. The normalized spacial score (nSPS) is 15.5. The van der Waals surface area contributed by atoms with E-state index in [4.69, 9.17) is 0 Å². The number of carbonyl (C=O) groups excluding carboxylic acids is 2. The third-order valence-corrected chi connectivity index (χ3v) is 3.67. The first-order chi connectivity index (χ1) is 8.40. The minimum Gasteiger partial charge on any atom is -0.268 e. The molecule has 0 fully saturated rings. The Balaban J connectivity index is 2.25. The largest absolute Gasteiger partial charge is 0.269 e. The Morgan fingerprint density at radius 1 is 1.00 bits per heavy atom. The Kier molecular flexibility index (Phi) is 3.02. The molecule has 1 aliphatic heterocycles. The zero-order valence-corrected chi connectivity index (χ0v) is 10.3. The fourth-order valence-corrected chi connectivity index (χ4v) is 2.40. The number of nitrogens with zero attached hydrogens (tertiary/aromatic N) is 1. The minimum absolute atomic E-state index is 0.0133. The smallest absolute Gasteiger partial charge is 0.268 e. The van der Waals surface area contributed by atoms with Crippen LogP contribution in [0.2, 0.25) is 0 Å². The number of amides is 2. The van der Waals surface area contributed by atoms with Crippen LogP contribution in [0, 0.1) is 6.92 Å². The van der Waals surface area contributed by atoms with E-state index < -0.39 is 21.8 Å². The topological polar surface area (TPSA) is 83.6 Å². The molecule has 0 radical (unpaired) electrons. The first-order valence-corrected chi connectivity index (χ1v) is 6.54. The molecule has 0 aliphatic carbocycles. The van der Waals surface area contributed by atoms with Gasteiger partial charge in [-0.1, -0.05) is 17.7 Å². The summed E-state index contributed by atoms with van der Waals surface area (Å²) in [6.45, 7) is 1.82. The third-order valence-electron chi connectivity index (χ3n) is 2.35. The number of nitrogens with one attached hydrogen (secondary N) is 1. The van der Waals surface area contributed by atoms with Gasteiger partial charge in [-0.15, -0.1) is 4.83 Å². The van der Waals surface area contributed by atoms with Crippen LogP contribution in [0.1, 0.15) is 5.56 Å². The van der Waals surface area contributed by atoms with E-state index in [2.05, 4.69) is 0 Å². The lowest BCUT2D eigenvalue weighted by molar-refractivity contribution is -0.138. The van der Waals surface area contributed by atoms with Crippen molar-refractivity contribution in [1.82, 2.24) is 9.84 Å². The Labute approximate surface area is 104 Å². The molecule has 1 heterocycles. The van der Waals surface area contributed by atoms with Crippen molar-refractivity contribution >= 4 is 21.8 Å². The van der Waals surface area contributed by atoms with Gasteiger partial charge in [-0.05, 0) is 19.1 Å². The minimum atomic E-state index is -3.93. The van der Waals surface area contributed by atoms with Crippen LogP contribution in [-0.4, -0.2) is 25.2 Å². The molecule has 1 aromatic carbocycles. The highest BCUT2D eigenvalue weighted by atomic mass is 32.2. The maximum Gasteiger partial charge on any atom is 0.269 e. The second-order valence-corrected chi connectivity index (χ2v) is 5.41. The maximum atomic E-state index is 11.9. The first kappa shape index (κ1) is 12.5. The number of sulfonamides is 1. The van der Waals surface area contributed by atoms with E-state index in [1.165, 1.54) is 12.1 Å². The SMILES string of the molecule is Cc1ccc(S(=O)(=O)NN2C(=O)C=CC2=O)cc1. The summed E-state index contributed by atoms with van der Waals surface area (Å²) < 4.78 is 23.8. The lowest BCUT2D eigenvalue weighted by atomic mass is 10.2. The van der Waals surface area contributed by atoms with Crippen molar-refractivity contribution < 1.29 is 18.0 Å². The van der Waals surface area contributed by atoms with Gasteiger partial charge < -0.3 is 0 Å². The molecular formula is C11H10N2O4S. The highest BCUT2D eigenvalue weighted by Gasteiger charge is 2.28. The fourth-order valence-electron chi connectivity index (χ4n) is 1.38. The van der Waals surface area contributed by atoms with Crippen LogP contribution in [-0.2, 0) is 19.6 Å². The molecule has 0 spiro atoms. The van der Waals surface area contributed by atoms with Crippen LogP contribution in [0.4, 0.5) is 0 Å². The number of hydrazine groups is 1.